The third-order valence-corrected chi connectivity index (χ3v) is 6.55. The minimum absolute atomic E-state index is 0.0728. The molecule has 0 amide bonds. The smallest absolute Gasteiger partial charge is 0.214 e. The van der Waals surface area contributed by atoms with Crippen LogP contribution in [0.15, 0.2) is 69.2 Å². The molecule has 2 aromatic carbocycles. The lowest BCUT2D eigenvalue weighted by molar-refractivity contribution is -0.112. The number of hydrogen-bond donors (Lipinski definition) is 0. The first-order valence-corrected chi connectivity index (χ1v) is 10.5. The molecule has 0 spiro atoms. The van der Waals surface area contributed by atoms with Gasteiger partial charge in [-0.15, -0.1) is 5.10 Å². The third-order valence-electron chi connectivity index (χ3n) is 4.39. The molecule has 29 heavy (non-hydrogen) atoms. The molecule has 1 aliphatic rings. The van der Waals surface area contributed by atoms with Crippen molar-refractivity contribution in [2.24, 2.45) is 0 Å². The van der Waals surface area contributed by atoms with Gasteiger partial charge in [0.2, 0.25) is 5.16 Å². The van der Waals surface area contributed by atoms with Gasteiger partial charge < -0.3 is 4.90 Å². The molecule has 2 heterocycles. The molecule has 0 fully saturated rings. The third kappa shape index (κ3) is 3.77. The summed E-state index contributed by atoms with van der Waals surface area (Å²) in [6, 6.07) is 17.7. The molecule has 1 aromatic heterocycles. The quantitative estimate of drug-likeness (QED) is 0.351. The first-order chi connectivity index (χ1) is 14.1. The number of fused-ring (bicyclic) bond motifs is 1. The van der Waals surface area contributed by atoms with Crippen LogP contribution in [0.4, 0.5) is 5.69 Å². The highest BCUT2D eigenvalue weighted by Gasteiger charge is 2.28. The van der Waals surface area contributed by atoms with E-state index in [1.54, 1.807) is 4.68 Å². The Kier molecular flexibility index (Phi) is 5.38. The number of carbonyl (C=O) groups is 1. The highest BCUT2D eigenvalue weighted by Crippen LogP contribution is 2.46. The number of aromatic nitrogens is 4. The number of ketones is 1. The fraction of sp³-hybridized carbons (Fsp3) is 0.150. The maximum atomic E-state index is 12.8. The van der Waals surface area contributed by atoms with Gasteiger partial charge in [-0.2, -0.15) is 9.94 Å². The van der Waals surface area contributed by atoms with Crippen molar-refractivity contribution in [2.45, 2.75) is 17.0 Å². The lowest BCUT2D eigenvalue weighted by atomic mass is 10.2. The van der Waals surface area contributed by atoms with E-state index in [2.05, 4.69) is 21.6 Å². The van der Waals surface area contributed by atoms with Crippen LogP contribution in [0.2, 0.25) is 0 Å². The van der Waals surface area contributed by atoms with Crippen molar-refractivity contribution in [2.75, 3.05) is 17.7 Å². The first-order valence-electron chi connectivity index (χ1n) is 8.75. The number of anilines is 1. The van der Waals surface area contributed by atoms with Crippen LogP contribution in [-0.4, -0.2) is 38.8 Å². The molecular weight excluding hydrogens is 404 g/mol. The van der Waals surface area contributed by atoms with E-state index in [1.165, 1.54) is 23.5 Å². The summed E-state index contributed by atoms with van der Waals surface area (Å²) in [4.78, 5) is 15.7. The van der Waals surface area contributed by atoms with Gasteiger partial charge >= 0.3 is 0 Å². The number of allylic oxidation sites excluding steroid dienone is 1. The Bertz CT molecular complexity index is 1150. The van der Waals surface area contributed by atoms with Gasteiger partial charge in [-0.25, -0.2) is 0 Å². The predicted molar refractivity (Wildman–Crippen MR) is 113 cm³/mol. The van der Waals surface area contributed by atoms with Crippen molar-refractivity contribution in [1.29, 1.82) is 5.26 Å². The summed E-state index contributed by atoms with van der Waals surface area (Å²) in [6.45, 7) is 2.00. The number of rotatable bonds is 5. The van der Waals surface area contributed by atoms with E-state index in [-0.39, 0.29) is 17.1 Å². The minimum atomic E-state index is -0.252. The standard InChI is InChI=1S/C20H16N6OS2/c1-13-7-9-14(10-8-13)26-20(22-23-24-26)28-12-17(27)15(11-21)19-25(2)16-5-3-4-6-18(16)29-19/h3-10H,12H2,1-2H3/b19-15-. The van der Waals surface area contributed by atoms with Crippen LogP contribution in [0.5, 0.6) is 0 Å². The number of carbonyl (C=O) groups excluding carboxylic acids is 1. The number of Topliss-reactive ketones (excluding diaryl/α,β-unsaturated/α-hetero) is 1. The fourth-order valence-corrected chi connectivity index (χ4v) is 4.79. The van der Waals surface area contributed by atoms with Gasteiger partial charge in [0, 0.05) is 11.9 Å². The van der Waals surface area contributed by atoms with Crippen molar-refractivity contribution >= 4 is 35.0 Å². The van der Waals surface area contributed by atoms with Gasteiger partial charge in [0.25, 0.3) is 0 Å². The van der Waals surface area contributed by atoms with Gasteiger partial charge in [-0.3, -0.25) is 4.79 Å². The molecule has 0 aliphatic carbocycles. The van der Waals surface area contributed by atoms with Crippen molar-refractivity contribution in [3.05, 3.63) is 64.7 Å². The van der Waals surface area contributed by atoms with Gasteiger partial charge in [0.05, 0.1) is 17.1 Å². The summed E-state index contributed by atoms with van der Waals surface area (Å²) in [7, 11) is 1.86. The van der Waals surface area contributed by atoms with Crippen LogP contribution < -0.4 is 4.90 Å². The summed E-state index contributed by atoms with van der Waals surface area (Å²) >= 11 is 2.65. The molecule has 0 unspecified atom stereocenters. The predicted octanol–water partition coefficient (Wildman–Crippen LogP) is 3.61. The van der Waals surface area contributed by atoms with Gasteiger partial charge in [-0.1, -0.05) is 53.4 Å². The van der Waals surface area contributed by atoms with Crippen LogP contribution in [0.3, 0.4) is 0 Å². The zero-order chi connectivity index (χ0) is 20.4. The van der Waals surface area contributed by atoms with Gasteiger partial charge in [0.15, 0.2) is 5.78 Å². The molecule has 7 nitrogen and oxygen atoms in total. The zero-order valence-electron chi connectivity index (χ0n) is 15.7. The summed E-state index contributed by atoms with van der Waals surface area (Å²) in [5.74, 6) is -0.179. The first kappa shape index (κ1) is 19.2. The Balaban J connectivity index is 1.53. The Labute approximate surface area is 176 Å². The van der Waals surface area contributed by atoms with Crippen LogP contribution in [-0.2, 0) is 4.79 Å². The zero-order valence-corrected chi connectivity index (χ0v) is 17.4. The van der Waals surface area contributed by atoms with Crippen LogP contribution in [0, 0.1) is 18.3 Å². The molecule has 0 bridgehead atoms. The average molecular weight is 421 g/mol. The van der Waals surface area contributed by atoms with Crippen molar-refractivity contribution in [3.63, 3.8) is 0 Å². The number of nitriles is 1. The number of thioether (sulfide) groups is 2. The Hall–Kier alpha value is -3.09. The molecule has 4 rings (SSSR count). The molecule has 0 N–H and O–H groups in total. The largest absolute Gasteiger partial charge is 0.337 e. The second-order valence-electron chi connectivity index (χ2n) is 6.34. The lowest BCUT2D eigenvalue weighted by Crippen LogP contribution is -2.16. The van der Waals surface area contributed by atoms with E-state index in [4.69, 9.17) is 0 Å². The van der Waals surface area contributed by atoms with E-state index in [9.17, 15) is 10.1 Å². The van der Waals surface area contributed by atoms with E-state index in [0.29, 0.717) is 10.2 Å². The number of hydrogen-bond acceptors (Lipinski definition) is 8. The van der Waals surface area contributed by atoms with Gasteiger partial charge in [0.1, 0.15) is 16.7 Å². The Morgan fingerprint density at radius 1 is 1.21 bits per heavy atom. The highest BCUT2D eigenvalue weighted by atomic mass is 32.2. The SMILES string of the molecule is Cc1ccc(-n2nnnc2SCC(=O)/C(C#N)=C2\Sc3ccccc3N2C)cc1. The topological polar surface area (TPSA) is 87.7 Å². The van der Waals surface area contributed by atoms with E-state index >= 15 is 0 Å². The molecule has 0 saturated carbocycles. The van der Waals surface area contributed by atoms with Gasteiger partial charge in [-0.05, 0) is 41.6 Å². The van der Waals surface area contributed by atoms with Crippen LogP contribution in [0.25, 0.3) is 5.69 Å². The molecule has 0 saturated heterocycles. The fourth-order valence-electron chi connectivity index (χ4n) is 2.87. The minimum Gasteiger partial charge on any atom is -0.337 e. The van der Waals surface area contributed by atoms with Crippen LogP contribution >= 0.6 is 23.5 Å². The van der Waals surface area contributed by atoms with Crippen molar-refractivity contribution in [3.8, 4) is 11.8 Å². The van der Waals surface area contributed by atoms with E-state index < -0.39 is 0 Å². The summed E-state index contributed by atoms with van der Waals surface area (Å²) in [6.07, 6.45) is 0. The molecule has 144 valence electrons. The average Bonchev–Trinajstić information content (AvgIpc) is 3.33. The maximum absolute atomic E-state index is 12.8. The second-order valence-corrected chi connectivity index (χ2v) is 8.31. The molecule has 0 atom stereocenters. The molecule has 0 radical (unpaired) electrons. The number of aryl methyl sites for hydroxylation is 1. The maximum Gasteiger partial charge on any atom is 0.214 e. The monoisotopic (exact) mass is 420 g/mol. The van der Waals surface area contributed by atoms with Crippen LogP contribution in [0.1, 0.15) is 5.56 Å². The normalized spacial score (nSPS) is 14.4. The number of nitrogens with zero attached hydrogens (tertiary/aromatic N) is 6. The summed E-state index contributed by atoms with van der Waals surface area (Å²) in [5, 5.41) is 22.5. The highest BCUT2D eigenvalue weighted by molar-refractivity contribution is 8.03. The molecule has 1 aliphatic heterocycles. The van der Waals surface area contributed by atoms with Crippen molar-refractivity contribution < 1.29 is 4.79 Å². The van der Waals surface area contributed by atoms with E-state index in [1.807, 2.05) is 67.4 Å². The molecule has 3 aromatic rings. The van der Waals surface area contributed by atoms with Crippen molar-refractivity contribution in [1.82, 2.24) is 20.2 Å². The number of para-hydroxylation sites is 1. The summed E-state index contributed by atoms with van der Waals surface area (Å²) in [5.41, 5.74) is 3.09. The number of benzene rings is 2. The number of tetrazole rings is 1. The summed E-state index contributed by atoms with van der Waals surface area (Å²) < 4.78 is 1.59. The Morgan fingerprint density at radius 3 is 2.69 bits per heavy atom. The lowest BCUT2D eigenvalue weighted by Gasteiger charge is -2.14. The molecule has 9 heteroatoms. The Morgan fingerprint density at radius 2 is 1.97 bits per heavy atom. The van der Waals surface area contributed by atoms with E-state index in [0.717, 1.165) is 21.8 Å². The molecular formula is C20H16N6OS2. The second kappa shape index (κ2) is 8.11.